The number of carbonyl (C=O) groups is 2. The third-order valence-electron chi connectivity index (χ3n) is 4.27. The zero-order chi connectivity index (χ0) is 16.6. The van der Waals surface area contributed by atoms with Gasteiger partial charge in [-0.05, 0) is 37.8 Å². The summed E-state index contributed by atoms with van der Waals surface area (Å²) in [4.78, 5) is 26.5. The molecule has 2 heterocycles. The number of imide groups is 1. The highest BCUT2D eigenvalue weighted by atomic mass is 32.1. The number of nitrogens with zero attached hydrogens (tertiary/aromatic N) is 1. The van der Waals surface area contributed by atoms with Crippen LogP contribution in [-0.4, -0.2) is 36.0 Å². The number of amides is 3. The minimum Gasteiger partial charge on any atom is -0.336 e. The lowest BCUT2D eigenvalue weighted by molar-refractivity contribution is -0.129. The van der Waals surface area contributed by atoms with E-state index in [1.807, 2.05) is 19.1 Å². The molecule has 0 saturated carbocycles. The van der Waals surface area contributed by atoms with Crippen LogP contribution >= 0.6 is 11.3 Å². The van der Waals surface area contributed by atoms with Gasteiger partial charge in [-0.15, -0.1) is 11.3 Å². The Bertz CT molecular complexity index is 755. The van der Waals surface area contributed by atoms with Crippen molar-refractivity contribution in [2.75, 3.05) is 13.1 Å². The minimum atomic E-state index is -0.404. The highest BCUT2D eigenvalue weighted by Crippen LogP contribution is 2.34. The zero-order valence-corrected chi connectivity index (χ0v) is 14.4. The first-order valence-corrected chi connectivity index (χ1v) is 8.64. The van der Waals surface area contributed by atoms with Crippen molar-refractivity contribution >= 4 is 33.4 Å². The first-order valence-electron chi connectivity index (χ1n) is 7.82. The average Bonchev–Trinajstić information content (AvgIpc) is 3.11. The van der Waals surface area contributed by atoms with Crippen molar-refractivity contribution < 1.29 is 9.59 Å². The third-order valence-corrected chi connectivity index (χ3v) is 5.72. The molecule has 2 atom stereocenters. The van der Waals surface area contributed by atoms with Gasteiger partial charge in [-0.2, -0.15) is 0 Å². The lowest BCUT2D eigenvalue weighted by Crippen LogP contribution is -2.46. The molecule has 122 valence electrons. The van der Waals surface area contributed by atoms with Gasteiger partial charge in [-0.1, -0.05) is 18.2 Å². The topological polar surface area (TPSA) is 61.4 Å². The minimum absolute atomic E-state index is 0.0528. The quantitative estimate of drug-likeness (QED) is 0.905. The highest BCUT2D eigenvalue weighted by Gasteiger charge is 2.30. The Balaban J connectivity index is 1.75. The van der Waals surface area contributed by atoms with Gasteiger partial charge >= 0.3 is 6.03 Å². The van der Waals surface area contributed by atoms with Crippen LogP contribution in [0.1, 0.15) is 30.3 Å². The monoisotopic (exact) mass is 331 g/mol. The van der Waals surface area contributed by atoms with Crippen molar-refractivity contribution in [3.05, 3.63) is 34.7 Å². The summed E-state index contributed by atoms with van der Waals surface area (Å²) in [5.74, 6) is -0.175. The molecule has 1 aromatic heterocycles. The molecule has 1 aliphatic heterocycles. The molecule has 1 saturated heterocycles. The van der Waals surface area contributed by atoms with Gasteiger partial charge < -0.3 is 5.32 Å². The first-order chi connectivity index (χ1) is 11.0. The SMILES string of the molecule is Cc1c(C(C)NC(C)C(=O)N2CCNC2=O)sc2ccccc12. The zero-order valence-electron chi connectivity index (χ0n) is 13.6. The average molecular weight is 331 g/mol. The summed E-state index contributed by atoms with van der Waals surface area (Å²) in [6, 6.07) is 7.68. The summed E-state index contributed by atoms with van der Waals surface area (Å²) in [6.07, 6.45) is 0. The summed E-state index contributed by atoms with van der Waals surface area (Å²) in [5, 5.41) is 7.26. The van der Waals surface area contributed by atoms with Gasteiger partial charge in [-0.3, -0.25) is 15.0 Å². The van der Waals surface area contributed by atoms with Crippen LogP contribution in [0.4, 0.5) is 4.79 Å². The van der Waals surface area contributed by atoms with Crippen LogP contribution in [0.15, 0.2) is 24.3 Å². The van der Waals surface area contributed by atoms with Crippen LogP contribution in [0.5, 0.6) is 0 Å². The van der Waals surface area contributed by atoms with E-state index < -0.39 is 6.04 Å². The second-order valence-electron chi connectivity index (χ2n) is 5.92. The van der Waals surface area contributed by atoms with Gasteiger partial charge in [0.1, 0.15) is 0 Å². The molecular weight excluding hydrogens is 310 g/mol. The predicted octanol–water partition coefficient (Wildman–Crippen LogP) is 2.80. The third kappa shape index (κ3) is 2.96. The van der Waals surface area contributed by atoms with Crippen molar-refractivity contribution in [2.24, 2.45) is 0 Å². The van der Waals surface area contributed by atoms with E-state index in [9.17, 15) is 9.59 Å². The standard InChI is InChI=1S/C17H21N3O2S/c1-10-13-6-4-5-7-14(13)23-15(10)11(2)19-12(3)16(21)20-9-8-18-17(20)22/h4-7,11-12,19H,8-9H2,1-3H3,(H,18,22). The fourth-order valence-corrected chi connectivity index (χ4v) is 4.27. The number of rotatable bonds is 4. The number of hydrogen-bond acceptors (Lipinski definition) is 4. The lowest BCUT2D eigenvalue weighted by atomic mass is 10.1. The maximum absolute atomic E-state index is 12.4. The molecule has 0 aliphatic carbocycles. The summed E-state index contributed by atoms with van der Waals surface area (Å²) in [6.45, 7) is 6.97. The molecule has 6 heteroatoms. The van der Waals surface area contributed by atoms with Crippen molar-refractivity contribution in [3.8, 4) is 0 Å². The van der Waals surface area contributed by atoms with E-state index in [2.05, 4.69) is 36.6 Å². The van der Waals surface area contributed by atoms with Crippen LogP contribution < -0.4 is 10.6 Å². The van der Waals surface area contributed by atoms with Crippen LogP contribution in [0.2, 0.25) is 0 Å². The fraction of sp³-hybridized carbons (Fsp3) is 0.412. The van der Waals surface area contributed by atoms with Gasteiger partial charge in [0.15, 0.2) is 0 Å². The maximum Gasteiger partial charge on any atom is 0.324 e. The molecule has 0 radical (unpaired) electrons. The lowest BCUT2D eigenvalue weighted by Gasteiger charge is -2.22. The number of benzene rings is 1. The van der Waals surface area contributed by atoms with Gasteiger partial charge in [-0.25, -0.2) is 4.79 Å². The van der Waals surface area contributed by atoms with Gasteiger partial charge in [0.05, 0.1) is 6.04 Å². The van der Waals surface area contributed by atoms with Crippen molar-refractivity contribution in [2.45, 2.75) is 32.9 Å². The Morgan fingerprint density at radius 2 is 2.09 bits per heavy atom. The summed E-state index contributed by atoms with van der Waals surface area (Å²) >= 11 is 1.75. The van der Waals surface area contributed by atoms with Gasteiger partial charge in [0, 0.05) is 28.7 Å². The van der Waals surface area contributed by atoms with Crippen molar-refractivity contribution in [1.29, 1.82) is 0 Å². The van der Waals surface area contributed by atoms with Crippen LogP contribution in [-0.2, 0) is 4.79 Å². The summed E-state index contributed by atoms with van der Waals surface area (Å²) in [7, 11) is 0. The Kier molecular flexibility index (Phi) is 4.37. The molecule has 0 spiro atoms. The largest absolute Gasteiger partial charge is 0.336 e. The summed E-state index contributed by atoms with van der Waals surface area (Å²) < 4.78 is 1.26. The molecule has 23 heavy (non-hydrogen) atoms. The molecule has 1 fully saturated rings. The number of urea groups is 1. The molecule has 2 unspecified atom stereocenters. The molecule has 3 rings (SSSR count). The summed E-state index contributed by atoms with van der Waals surface area (Å²) in [5.41, 5.74) is 1.25. The molecule has 2 N–H and O–H groups in total. The van der Waals surface area contributed by atoms with E-state index in [0.29, 0.717) is 13.1 Å². The van der Waals surface area contributed by atoms with E-state index in [0.717, 1.165) is 0 Å². The molecule has 3 amide bonds. The van der Waals surface area contributed by atoms with Crippen molar-refractivity contribution in [1.82, 2.24) is 15.5 Å². The van der Waals surface area contributed by atoms with E-state index in [-0.39, 0.29) is 18.0 Å². The number of aryl methyl sites for hydroxylation is 1. The number of hydrogen-bond donors (Lipinski definition) is 2. The number of nitrogens with one attached hydrogen (secondary N) is 2. The van der Waals surface area contributed by atoms with Crippen LogP contribution in [0.25, 0.3) is 10.1 Å². The maximum atomic E-state index is 12.4. The molecule has 2 aromatic rings. The van der Waals surface area contributed by atoms with Crippen molar-refractivity contribution in [3.63, 3.8) is 0 Å². The first kappa shape index (κ1) is 16.0. The molecule has 5 nitrogen and oxygen atoms in total. The Labute approximate surface area is 139 Å². The molecule has 1 aromatic carbocycles. The van der Waals surface area contributed by atoms with Crippen LogP contribution in [0, 0.1) is 6.92 Å². The van der Waals surface area contributed by atoms with E-state index in [4.69, 9.17) is 0 Å². The highest BCUT2D eigenvalue weighted by molar-refractivity contribution is 7.19. The Morgan fingerprint density at radius 1 is 1.35 bits per heavy atom. The van der Waals surface area contributed by atoms with Crippen LogP contribution in [0.3, 0.4) is 0 Å². The van der Waals surface area contributed by atoms with Gasteiger partial charge in [0.25, 0.3) is 0 Å². The molecule has 1 aliphatic rings. The molecular formula is C17H21N3O2S. The Hall–Kier alpha value is -1.92. The second kappa shape index (κ2) is 6.29. The molecule has 0 bridgehead atoms. The van der Waals surface area contributed by atoms with E-state index in [1.54, 1.807) is 11.3 Å². The van der Waals surface area contributed by atoms with E-state index >= 15 is 0 Å². The number of fused-ring (bicyclic) bond motifs is 1. The van der Waals surface area contributed by atoms with Gasteiger partial charge in [0.2, 0.25) is 5.91 Å². The smallest absolute Gasteiger partial charge is 0.324 e. The second-order valence-corrected chi connectivity index (χ2v) is 7.00. The van der Waals surface area contributed by atoms with E-state index in [1.165, 1.54) is 25.4 Å². The predicted molar refractivity (Wildman–Crippen MR) is 92.7 cm³/mol. The number of carbonyl (C=O) groups excluding carboxylic acids is 2. The number of thiophene rings is 1. The Morgan fingerprint density at radius 3 is 2.74 bits per heavy atom. The normalized spacial score (nSPS) is 17.3. The fourth-order valence-electron chi connectivity index (χ4n) is 3.04.